The molecule has 1 aliphatic carbocycles. The van der Waals surface area contributed by atoms with Gasteiger partial charge in [0.15, 0.2) is 0 Å². The average molecular weight is 97.1 g/mol. The molecule has 39 valence electrons. The number of ether oxygens (including phenoxy) is 1. The predicted molar refractivity (Wildman–Crippen MR) is 26.8 cm³/mol. The van der Waals surface area contributed by atoms with Crippen molar-refractivity contribution in [3.05, 3.63) is 5.92 Å². The van der Waals surface area contributed by atoms with Crippen LogP contribution in [0.25, 0.3) is 0 Å². The van der Waals surface area contributed by atoms with E-state index in [0.717, 1.165) is 6.61 Å². The molecule has 0 spiro atoms. The molecule has 0 aromatic heterocycles. The topological polar surface area (TPSA) is 9.23 Å². The van der Waals surface area contributed by atoms with Crippen LogP contribution in [0.1, 0.15) is 19.8 Å². The molecule has 0 atom stereocenters. The van der Waals surface area contributed by atoms with Crippen LogP contribution in [0.3, 0.4) is 0 Å². The second-order valence-corrected chi connectivity index (χ2v) is 2.84. The first-order valence-corrected chi connectivity index (χ1v) is 2.76. The Kier molecular flexibility index (Phi) is 0.487. The molecule has 3 fully saturated rings. The molecule has 1 nitrogen and oxygen atoms in total. The molecule has 1 radical (unpaired) electrons. The third-order valence-corrected chi connectivity index (χ3v) is 1.87. The Morgan fingerprint density at radius 3 is 2.43 bits per heavy atom. The highest BCUT2D eigenvalue weighted by atomic mass is 16.5. The predicted octanol–water partition coefficient (Wildman–Crippen LogP) is 1.14. The van der Waals surface area contributed by atoms with Crippen LogP contribution in [0.5, 0.6) is 0 Å². The van der Waals surface area contributed by atoms with Crippen molar-refractivity contribution in [2.24, 2.45) is 0 Å². The van der Waals surface area contributed by atoms with Gasteiger partial charge in [0, 0.05) is 5.92 Å². The zero-order chi connectivity index (χ0) is 4.91. The average Bonchev–Trinajstić information content (AvgIpc) is 1.88. The SMILES string of the molecule is CC12C[C](CO1)C2. The Labute approximate surface area is 43.7 Å². The molecule has 0 amide bonds. The van der Waals surface area contributed by atoms with E-state index in [1.54, 1.807) is 5.92 Å². The number of fused-ring (bicyclic) bond motifs is 1. The smallest absolute Gasteiger partial charge is 0.0667 e. The fourth-order valence-electron chi connectivity index (χ4n) is 1.49. The van der Waals surface area contributed by atoms with Crippen LogP contribution in [0.2, 0.25) is 0 Å². The zero-order valence-electron chi connectivity index (χ0n) is 4.53. The van der Waals surface area contributed by atoms with Crippen molar-refractivity contribution in [2.75, 3.05) is 6.61 Å². The highest BCUT2D eigenvalue weighted by molar-refractivity contribution is 5.17. The van der Waals surface area contributed by atoms with Crippen molar-refractivity contribution in [1.82, 2.24) is 0 Å². The second-order valence-electron chi connectivity index (χ2n) is 2.84. The van der Waals surface area contributed by atoms with E-state index in [1.165, 1.54) is 12.8 Å². The molecule has 0 aromatic rings. The van der Waals surface area contributed by atoms with E-state index in [0.29, 0.717) is 5.60 Å². The Balaban J connectivity index is 2.20. The summed E-state index contributed by atoms with van der Waals surface area (Å²) in [6.45, 7) is 3.14. The van der Waals surface area contributed by atoms with Gasteiger partial charge in [-0.05, 0) is 19.8 Å². The van der Waals surface area contributed by atoms with Crippen molar-refractivity contribution >= 4 is 0 Å². The van der Waals surface area contributed by atoms with Crippen molar-refractivity contribution < 1.29 is 4.74 Å². The summed E-state index contributed by atoms with van der Waals surface area (Å²) in [7, 11) is 0. The van der Waals surface area contributed by atoms with Gasteiger partial charge in [-0.1, -0.05) is 0 Å². The highest BCUT2D eigenvalue weighted by Crippen LogP contribution is 2.49. The summed E-state index contributed by atoms with van der Waals surface area (Å²) in [5, 5.41) is 0. The van der Waals surface area contributed by atoms with Gasteiger partial charge in [-0.15, -0.1) is 0 Å². The minimum absolute atomic E-state index is 0.301. The number of hydrogen-bond acceptors (Lipinski definition) is 1. The normalized spacial score (nSPS) is 35.6. The standard InChI is InChI=1S/C6H9O/c1-6-2-5(3-6)4-7-6/h2-4H2,1H3. The maximum Gasteiger partial charge on any atom is 0.0667 e. The summed E-state index contributed by atoms with van der Waals surface area (Å²) in [4.78, 5) is 0. The van der Waals surface area contributed by atoms with Gasteiger partial charge in [-0.2, -0.15) is 0 Å². The molecule has 3 rings (SSSR count). The summed E-state index contributed by atoms with van der Waals surface area (Å²) in [5.41, 5.74) is 0.301. The van der Waals surface area contributed by atoms with E-state index in [9.17, 15) is 0 Å². The van der Waals surface area contributed by atoms with Crippen LogP contribution in [0.15, 0.2) is 0 Å². The summed E-state index contributed by atoms with van der Waals surface area (Å²) in [6, 6.07) is 0. The molecular formula is C6H9O. The van der Waals surface area contributed by atoms with E-state index < -0.39 is 0 Å². The molecule has 0 unspecified atom stereocenters. The first-order chi connectivity index (χ1) is 3.29. The molecule has 2 heterocycles. The van der Waals surface area contributed by atoms with E-state index in [2.05, 4.69) is 6.92 Å². The first-order valence-electron chi connectivity index (χ1n) is 2.76. The Morgan fingerprint density at radius 1 is 1.57 bits per heavy atom. The van der Waals surface area contributed by atoms with Gasteiger partial charge in [-0.3, -0.25) is 0 Å². The van der Waals surface area contributed by atoms with E-state index in [4.69, 9.17) is 4.74 Å². The summed E-state index contributed by atoms with van der Waals surface area (Å²) in [5.74, 6) is 1.61. The lowest BCUT2D eigenvalue weighted by Crippen LogP contribution is -2.30. The molecule has 2 aliphatic heterocycles. The quantitative estimate of drug-likeness (QED) is 0.440. The maximum absolute atomic E-state index is 5.38. The second kappa shape index (κ2) is 0.873. The molecule has 1 heteroatoms. The zero-order valence-corrected chi connectivity index (χ0v) is 4.53. The number of rotatable bonds is 0. The van der Waals surface area contributed by atoms with Gasteiger partial charge >= 0.3 is 0 Å². The van der Waals surface area contributed by atoms with Crippen molar-refractivity contribution in [3.63, 3.8) is 0 Å². The fourth-order valence-corrected chi connectivity index (χ4v) is 1.49. The molecule has 3 aliphatic rings. The van der Waals surface area contributed by atoms with Crippen LogP contribution >= 0.6 is 0 Å². The van der Waals surface area contributed by atoms with Crippen molar-refractivity contribution in [3.8, 4) is 0 Å². The first kappa shape index (κ1) is 3.90. The Hall–Kier alpha value is -0.0400. The lowest BCUT2D eigenvalue weighted by Gasteiger charge is -2.30. The molecule has 1 saturated carbocycles. The minimum atomic E-state index is 0.301. The van der Waals surface area contributed by atoms with Crippen LogP contribution in [0, 0.1) is 5.92 Å². The third-order valence-electron chi connectivity index (χ3n) is 1.87. The van der Waals surface area contributed by atoms with E-state index in [1.807, 2.05) is 0 Å². The molecule has 0 aromatic carbocycles. The highest BCUT2D eigenvalue weighted by Gasteiger charge is 2.48. The summed E-state index contributed by atoms with van der Waals surface area (Å²) < 4.78 is 5.38. The van der Waals surface area contributed by atoms with Gasteiger partial charge in [0.2, 0.25) is 0 Å². The third kappa shape index (κ3) is 0.367. The lowest BCUT2D eigenvalue weighted by atomic mass is 9.76. The van der Waals surface area contributed by atoms with Crippen molar-refractivity contribution in [1.29, 1.82) is 0 Å². The molecule has 2 bridgehead atoms. The number of hydrogen-bond donors (Lipinski definition) is 0. The van der Waals surface area contributed by atoms with Crippen LogP contribution in [0.4, 0.5) is 0 Å². The largest absolute Gasteiger partial charge is 0.375 e. The van der Waals surface area contributed by atoms with Crippen LogP contribution < -0.4 is 0 Å². The van der Waals surface area contributed by atoms with Gasteiger partial charge in [0.05, 0.1) is 12.2 Å². The van der Waals surface area contributed by atoms with E-state index >= 15 is 0 Å². The lowest BCUT2D eigenvalue weighted by molar-refractivity contribution is 0.0292. The Morgan fingerprint density at radius 2 is 2.29 bits per heavy atom. The maximum atomic E-state index is 5.38. The monoisotopic (exact) mass is 97.1 g/mol. The van der Waals surface area contributed by atoms with E-state index in [-0.39, 0.29) is 0 Å². The van der Waals surface area contributed by atoms with Gasteiger partial charge < -0.3 is 4.74 Å². The molecule has 7 heavy (non-hydrogen) atoms. The Bertz CT molecular complexity index is 86.8. The van der Waals surface area contributed by atoms with Crippen LogP contribution in [-0.2, 0) is 4.74 Å². The van der Waals surface area contributed by atoms with Crippen LogP contribution in [-0.4, -0.2) is 12.2 Å². The molecular weight excluding hydrogens is 88.1 g/mol. The van der Waals surface area contributed by atoms with Crippen molar-refractivity contribution in [2.45, 2.75) is 25.4 Å². The molecule has 2 saturated heterocycles. The summed E-state index contributed by atoms with van der Waals surface area (Å²) in [6.07, 6.45) is 2.49. The summed E-state index contributed by atoms with van der Waals surface area (Å²) >= 11 is 0. The van der Waals surface area contributed by atoms with Gasteiger partial charge in [0.25, 0.3) is 0 Å². The fraction of sp³-hybridized carbons (Fsp3) is 0.833. The molecule has 0 N–H and O–H groups in total. The minimum Gasteiger partial charge on any atom is -0.375 e. The van der Waals surface area contributed by atoms with Gasteiger partial charge in [0.1, 0.15) is 0 Å². The van der Waals surface area contributed by atoms with Gasteiger partial charge in [-0.25, -0.2) is 0 Å².